The number of nitrogens with zero attached hydrogens (tertiary/aromatic N) is 1. The number of ketones is 1. The normalized spacial score (nSPS) is 17.9. The Morgan fingerprint density at radius 2 is 1.76 bits per heavy atom. The molecule has 2 aromatic rings. The number of hydrogen-bond donors (Lipinski definition) is 0. The van der Waals surface area contributed by atoms with Crippen LogP contribution in [0.1, 0.15) is 49.7 Å². The first-order chi connectivity index (χ1) is 11.9. The Morgan fingerprint density at radius 1 is 1.08 bits per heavy atom. The lowest BCUT2D eigenvalue weighted by Crippen LogP contribution is -2.49. The predicted octanol–water partition coefficient (Wildman–Crippen LogP) is 4.40. The molecule has 0 aromatic heterocycles. The second kappa shape index (κ2) is 6.71. The second-order valence-corrected chi connectivity index (χ2v) is 6.82. The summed E-state index contributed by atoms with van der Waals surface area (Å²) in [6.07, 6.45) is -0.526. The number of rotatable bonds is 4. The van der Waals surface area contributed by atoms with E-state index in [4.69, 9.17) is 4.74 Å². The van der Waals surface area contributed by atoms with Crippen molar-refractivity contribution in [2.24, 2.45) is 5.92 Å². The van der Waals surface area contributed by atoms with Gasteiger partial charge in [0.05, 0.1) is 11.7 Å². The molecule has 2 aromatic carbocycles. The lowest BCUT2D eigenvalue weighted by atomic mass is 9.98. The first kappa shape index (κ1) is 17.2. The number of carbonyl (C=O) groups excluding carboxylic acids is 2. The van der Waals surface area contributed by atoms with E-state index in [1.54, 1.807) is 23.1 Å². The molecule has 0 saturated carbocycles. The van der Waals surface area contributed by atoms with Crippen LogP contribution in [0.25, 0.3) is 0 Å². The van der Waals surface area contributed by atoms with E-state index in [9.17, 15) is 9.59 Å². The van der Waals surface area contributed by atoms with E-state index in [1.807, 2.05) is 51.1 Å². The van der Waals surface area contributed by atoms with Crippen molar-refractivity contribution < 1.29 is 14.3 Å². The molecule has 3 rings (SSSR count). The lowest BCUT2D eigenvalue weighted by Gasteiger charge is -2.39. The maximum absolute atomic E-state index is 13.1. The Labute approximate surface area is 148 Å². The smallest absolute Gasteiger partial charge is 0.268 e. The highest BCUT2D eigenvalue weighted by Crippen LogP contribution is 2.41. The van der Waals surface area contributed by atoms with Gasteiger partial charge in [-0.2, -0.15) is 0 Å². The fourth-order valence-corrected chi connectivity index (χ4v) is 3.17. The molecule has 4 nitrogen and oxygen atoms in total. The van der Waals surface area contributed by atoms with Gasteiger partial charge in [0.2, 0.25) is 0 Å². The molecular weight excluding hydrogens is 314 g/mol. The molecule has 1 aliphatic heterocycles. The molecule has 0 radical (unpaired) electrons. The number of ether oxygens (including phenoxy) is 1. The molecule has 4 heteroatoms. The average molecular weight is 337 g/mol. The van der Waals surface area contributed by atoms with Gasteiger partial charge in [-0.1, -0.05) is 44.2 Å². The zero-order valence-corrected chi connectivity index (χ0v) is 15.0. The fraction of sp³-hybridized carbons (Fsp3) is 0.333. The van der Waals surface area contributed by atoms with Gasteiger partial charge in [-0.3, -0.25) is 14.5 Å². The zero-order chi connectivity index (χ0) is 18.1. The number of Topliss-reactive ketones (excluding diaryl/α,β-unsaturated/α-hetero) is 1. The number of hydrogen-bond acceptors (Lipinski definition) is 3. The van der Waals surface area contributed by atoms with Crippen LogP contribution in [0.15, 0.2) is 48.5 Å². The van der Waals surface area contributed by atoms with E-state index >= 15 is 0 Å². The molecule has 25 heavy (non-hydrogen) atoms. The molecule has 0 aliphatic carbocycles. The van der Waals surface area contributed by atoms with Crippen molar-refractivity contribution in [3.8, 4) is 5.75 Å². The molecule has 2 unspecified atom stereocenters. The molecule has 0 saturated heterocycles. The van der Waals surface area contributed by atoms with Crippen LogP contribution in [0.2, 0.25) is 0 Å². The molecule has 0 spiro atoms. The summed E-state index contributed by atoms with van der Waals surface area (Å²) < 4.78 is 5.95. The molecule has 130 valence electrons. The number of anilines is 1. The summed E-state index contributed by atoms with van der Waals surface area (Å²) in [6, 6.07) is 15.0. The highest BCUT2D eigenvalue weighted by molar-refractivity contribution is 6.03. The molecule has 0 fully saturated rings. The van der Waals surface area contributed by atoms with Gasteiger partial charge >= 0.3 is 0 Å². The molecular formula is C21H23NO3. The van der Waals surface area contributed by atoms with E-state index in [-0.39, 0.29) is 23.7 Å². The summed E-state index contributed by atoms with van der Waals surface area (Å²) in [7, 11) is 0. The zero-order valence-electron chi connectivity index (χ0n) is 15.0. The molecule has 2 atom stereocenters. The van der Waals surface area contributed by atoms with Crippen LogP contribution in [0, 0.1) is 5.92 Å². The van der Waals surface area contributed by atoms with Crippen molar-refractivity contribution in [2.45, 2.75) is 39.8 Å². The summed E-state index contributed by atoms with van der Waals surface area (Å²) in [5.41, 5.74) is 2.27. The number of amides is 1. The topological polar surface area (TPSA) is 46.6 Å². The average Bonchev–Trinajstić information content (AvgIpc) is 2.60. The van der Waals surface area contributed by atoms with Gasteiger partial charge in [-0.15, -0.1) is 0 Å². The third-order valence-electron chi connectivity index (χ3n) is 4.63. The maximum Gasteiger partial charge on any atom is 0.268 e. The molecule has 0 bridgehead atoms. The minimum absolute atomic E-state index is 0.0338. The van der Waals surface area contributed by atoms with Crippen LogP contribution in [0.4, 0.5) is 5.69 Å². The third-order valence-corrected chi connectivity index (χ3v) is 4.63. The molecule has 1 heterocycles. The van der Waals surface area contributed by atoms with Crippen LogP contribution in [0.5, 0.6) is 5.75 Å². The van der Waals surface area contributed by atoms with Crippen LogP contribution in [-0.4, -0.2) is 17.8 Å². The largest absolute Gasteiger partial charge is 0.478 e. The summed E-state index contributed by atoms with van der Waals surface area (Å²) >= 11 is 0. The quantitative estimate of drug-likeness (QED) is 0.777. The minimum Gasteiger partial charge on any atom is -0.478 e. The van der Waals surface area contributed by atoms with E-state index in [2.05, 4.69) is 0 Å². The van der Waals surface area contributed by atoms with Crippen molar-refractivity contribution >= 4 is 17.4 Å². The molecule has 0 N–H and O–H groups in total. The van der Waals surface area contributed by atoms with Crippen LogP contribution < -0.4 is 9.64 Å². The first-order valence-electron chi connectivity index (χ1n) is 8.59. The second-order valence-electron chi connectivity index (χ2n) is 6.82. The van der Waals surface area contributed by atoms with Crippen LogP contribution in [-0.2, 0) is 4.79 Å². The minimum atomic E-state index is -0.526. The van der Waals surface area contributed by atoms with Crippen molar-refractivity contribution in [1.82, 2.24) is 0 Å². The summed E-state index contributed by atoms with van der Waals surface area (Å²) in [4.78, 5) is 26.7. The SMILES string of the molecule is CC(=O)c1ccc2c(c1)N(C(C)c1ccccc1)C(=O)C(C(C)C)O2. The highest BCUT2D eigenvalue weighted by Gasteiger charge is 2.39. The van der Waals surface area contributed by atoms with Gasteiger partial charge in [0.15, 0.2) is 11.9 Å². The summed E-state index contributed by atoms with van der Waals surface area (Å²) in [5.74, 6) is 0.595. The van der Waals surface area contributed by atoms with Crippen molar-refractivity contribution in [1.29, 1.82) is 0 Å². The van der Waals surface area contributed by atoms with Gasteiger partial charge in [-0.25, -0.2) is 0 Å². The Kier molecular flexibility index (Phi) is 4.62. The lowest BCUT2D eigenvalue weighted by molar-refractivity contribution is -0.128. The van der Waals surface area contributed by atoms with Crippen molar-refractivity contribution in [3.05, 3.63) is 59.7 Å². The van der Waals surface area contributed by atoms with Gasteiger partial charge in [0.25, 0.3) is 5.91 Å². The standard InChI is InChI=1S/C21H23NO3/c1-13(2)20-21(24)22(14(3)16-8-6-5-7-9-16)18-12-17(15(4)23)10-11-19(18)25-20/h5-14,20H,1-4H3. The Bertz CT molecular complexity index is 798. The number of carbonyl (C=O) groups is 2. The number of benzene rings is 2. The van der Waals surface area contributed by atoms with Crippen LogP contribution in [0.3, 0.4) is 0 Å². The van der Waals surface area contributed by atoms with Crippen molar-refractivity contribution in [2.75, 3.05) is 4.90 Å². The Morgan fingerprint density at radius 3 is 2.36 bits per heavy atom. The van der Waals surface area contributed by atoms with Crippen molar-refractivity contribution in [3.63, 3.8) is 0 Å². The van der Waals surface area contributed by atoms with E-state index in [1.165, 1.54) is 6.92 Å². The van der Waals surface area contributed by atoms with E-state index < -0.39 is 6.10 Å². The van der Waals surface area contributed by atoms with Gasteiger partial charge in [0, 0.05) is 5.56 Å². The Hall–Kier alpha value is -2.62. The van der Waals surface area contributed by atoms with Gasteiger partial charge in [-0.05, 0) is 43.5 Å². The van der Waals surface area contributed by atoms with E-state index in [0.29, 0.717) is 17.0 Å². The predicted molar refractivity (Wildman–Crippen MR) is 98.0 cm³/mol. The Balaban J connectivity index is 2.12. The van der Waals surface area contributed by atoms with Gasteiger partial charge < -0.3 is 4.74 Å². The monoisotopic (exact) mass is 337 g/mol. The number of fused-ring (bicyclic) bond motifs is 1. The molecule has 1 amide bonds. The third kappa shape index (κ3) is 3.16. The fourth-order valence-electron chi connectivity index (χ4n) is 3.17. The van der Waals surface area contributed by atoms with E-state index in [0.717, 1.165) is 5.56 Å². The maximum atomic E-state index is 13.1. The highest BCUT2D eigenvalue weighted by atomic mass is 16.5. The molecule has 1 aliphatic rings. The first-order valence-corrected chi connectivity index (χ1v) is 8.59. The van der Waals surface area contributed by atoms with Gasteiger partial charge in [0.1, 0.15) is 5.75 Å². The summed E-state index contributed by atoms with van der Waals surface area (Å²) in [5, 5.41) is 0. The summed E-state index contributed by atoms with van der Waals surface area (Å²) in [6.45, 7) is 7.47. The van der Waals surface area contributed by atoms with Crippen LogP contribution >= 0.6 is 0 Å².